The smallest absolute Gasteiger partial charge is 0.262 e. The second kappa shape index (κ2) is 6.07. The number of hydrogen-bond donors (Lipinski definition) is 2. The maximum atomic E-state index is 12.1. The number of halogens is 1. The molecule has 0 unspecified atom stereocenters. The Morgan fingerprint density at radius 1 is 1.27 bits per heavy atom. The minimum absolute atomic E-state index is 0.0132. The first kappa shape index (κ1) is 14.4. The summed E-state index contributed by atoms with van der Waals surface area (Å²) in [5.74, 6) is 0.219. The van der Waals surface area contributed by atoms with Crippen LogP contribution in [0.5, 0.6) is 5.75 Å². The molecule has 2 aromatic carbocycles. The van der Waals surface area contributed by atoms with Crippen molar-refractivity contribution in [2.75, 3.05) is 17.2 Å². The molecule has 1 heterocycles. The van der Waals surface area contributed by atoms with E-state index in [1.165, 1.54) is 0 Å². The summed E-state index contributed by atoms with van der Waals surface area (Å²) in [6.07, 6.45) is 0.175. The van der Waals surface area contributed by atoms with E-state index in [2.05, 4.69) is 10.6 Å². The molecule has 0 fully saturated rings. The van der Waals surface area contributed by atoms with Gasteiger partial charge >= 0.3 is 0 Å². The molecule has 0 aromatic heterocycles. The number of benzene rings is 2. The van der Waals surface area contributed by atoms with Gasteiger partial charge in [0, 0.05) is 0 Å². The van der Waals surface area contributed by atoms with Crippen molar-refractivity contribution < 1.29 is 14.3 Å². The summed E-state index contributed by atoms with van der Waals surface area (Å²) in [6, 6.07) is 12.3. The highest BCUT2D eigenvalue weighted by atomic mass is 35.5. The molecule has 0 aliphatic carbocycles. The molecule has 0 saturated heterocycles. The summed E-state index contributed by atoms with van der Waals surface area (Å²) in [5, 5.41) is 5.96. The lowest BCUT2D eigenvalue weighted by atomic mass is 10.1. The van der Waals surface area contributed by atoms with Crippen molar-refractivity contribution in [3.63, 3.8) is 0 Å². The van der Waals surface area contributed by atoms with Gasteiger partial charge in [0.25, 0.3) is 5.91 Å². The van der Waals surface area contributed by atoms with Crippen molar-refractivity contribution in [1.29, 1.82) is 0 Å². The van der Waals surface area contributed by atoms with Gasteiger partial charge in [-0.3, -0.25) is 9.59 Å². The highest BCUT2D eigenvalue weighted by Gasteiger charge is 2.16. The Morgan fingerprint density at radius 2 is 2.09 bits per heavy atom. The summed E-state index contributed by atoms with van der Waals surface area (Å²) >= 11 is 6.00. The number of fused-ring (bicyclic) bond motifs is 1. The summed E-state index contributed by atoms with van der Waals surface area (Å²) in [7, 11) is 0. The molecule has 0 atom stereocenters. The highest BCUT2D eigenvalue weighted by Crippen LogP contribution is 2.28. The van der Waals surface area contributed by atoms with Crippen molar-refractivity contribution in [2.45, 2.75) is 6.42 Å². The molecule has 6 heteroatoms. The number of hydrogen-bond acceptors (Lipinski definition) is 3. The zero-order valence-corrected chi connectivity index (χ0v) is 12.3. The molecule has 5 nitrogen and oxygen atoms in total. The molecule has 0 saturated carbocycles. The van der Waals surface area contributed by atoms with Gasteiger partial charge in [-0.15, -0.1) is 0 Å². The fourth-order valence-corrected chi connectivity index (χ4v) is 2.37. The van der Waals surface area contributed by atoms with E-state index in [1.54, 1.807) is 42.5 Å². The van der Waals surface area contributed by atoms with Crippen LogP contribution < -0.4 is 15.4 Å². The normalized spacial score (nSPS) is 12.9. The molecule has 2 N–H and O–H groups in total. The maximum absolute atomic E-state index is 12.1. The van der Waals surface area contributed by atoms with Crippen LogP contribution in [0.3, 0.4) is 0 Å². The van der Waals surface area contributed by atoms with Crippen LogP contribution in [-0.4, -0.2) is 18.4 Å². The fourth-order valence-electron chi connectivity index (χ4n) is 2.18. The van der Waals surface area contributed by atoms with Crippen molar-refractivity contribution in [3.05, 3.63) is 53.1 Å². The predicted molar refractivity (Wildman–Crippen MR) is 84.4 cm³/mol. The molecule has 1 aliphatic heterocycles. The van der Waals surface area contributed by atoms with Gasteiger partial charge in [-0.2, -0.15) is 0 Å². The number of anilines is 2. The van der Waals surface area contributed by atoms with E-state index in [0.29, 0.717) is 22.1 Å². The Morgan fingerprint density at radius 3 is 2.91 bits per heavy atom. The number of ether oxygens (including phenoxy) is 1. The molecular weight excluding hydrogens is 304 g/mol. The molecule has 1 aliphatic rings. The third-order valence-corrected chi connectivity index (χ3v) is 3.52. The van der Waals surface area contributed by atoms with Crippen LogP contribution in [0, 0.1) is 0 Å². The lowest BCUT2D eigenvalue weighted by Crippen LogP contribution is -2.25. The van der Waals surface area contributed by atoms with Crippen molar-refractivity contribution >= 4 is 34.8 Å². The SMILES string of the molecule is O=C(Cc1ccc2c(c1)NC(=O)CO2)Nc1ccccc1Cl. The van der Waals surface area contributed by atoms with Gasteiger partial charge < -0.3 is 15.4 Å². The lowest BCUT2D eigenvalue weighted by molar-refractivity contribution is -0.118. The summed E-state index contributed by atoms with van der Waals surface area (Å²) < 4.78 is 5.28. The molecule has 2 aromatic rings. The predicted octanol–water partition coefficient (Wildman–Crippen LogP) is 2.85. The average Bonchev–Trinajstić information content (AvgIpc) is 2.49. The van der Waals surface area contributed by atoms with Gasteiger partial charge in [0.2, 0.25) is 5.91 Å². The Kier molecular flexibility index (Phi) is 3.98. The Labute approximate surface area is 132 Å². The number of para-hydroxylation sites is 1. The minimum atomic E-state index is -0.204. The van der Waals surface area contributed by atoms with Gasteiger partial charge in [0.1, 0.15) is 5.75 Å². The molecule has 22 heavy (non-hydrogen) atoms. The van der Waals surface area contributed by atoms with Crippen molar-refractivity contribution in [2.24, 2.45) is 0 Å². The largest absolute Gasteiger partial charge is 0.482 e. The third-order valence-electron chi connectivity index (χ3n) is 3.19. The molecule has 0 radical (unpaired) electrons. The van der Waals surface area contributed by atoms with Crippen LogP contribution in [0.2, 0.25) is 5.02 Å². The number of amides is 2. The second-order valence-electron chi connectivity index (χ2n) is 4.87. The molecule has 3 rings (SSSR count). The van der Waals surface area contributed by atoms with Crippen LogP contribution in [0.25, 0.3) is 0 Å². The topological polar surface area (TPSA) is 67.4 Å². The molecule has 2 amide bonds. The first-order valence-electron chi connectivity index (χ1n) is 6.72. The zero-order chi connectivity index (χ0) is 15.5. The highest BCUT2D eigenvalue weighted by molar-refractivity contribution is 6.33. The van der Waals surface area contributed by atoms with E-state index in [1.807, 2.05) is 0 Å². The van der Waals surface area contributed by atoms with E-state index in [9.17, 15) is 9.59 Å². The van der Waals surface area contributed by atoms with Gasteiger partial charge in [0.05, 0.1) is 22.8 Å². The van der Waals surface area contributed by atoms with E-state index in [0.717, 1.165) is 5.56 Å². The van der Waals surface area contributed by atoms with E-state index in [4.69, 9.17) is 16.3 Å². The first-order valence-corrected chi connectivity index (χ1v) is 7.09. The van der Waals surface area contributed by atoms with Crippen LogP contribution in [0.1, 0.15) is 5.56 Å². The molecular formula is C16H13ClN2O3. The monoisotopic (exact) mass is 316 g/mol. The molecule has 0 spiro atoms. The van der Waals surface area contributed by atoms with Crippen LogP contribution in [-0.2, 0) is 16.0 Å². The Bertz CT molecular complexity index is 746. The van der Waals surface area contributed by atoms with Crippen molar-refractivity contribution in [3.8, 4) is 5.75 Å². The standard InChI is InChI=1S/C16H13ClN2O3/c17-11-3-1-2-4-12(11)18-15(20)8-10-5-6-14-13(7-10)19-16(21)9-22-14/h1-7H,8-9H2,(H,18,20)(H,19,21). The summed E-state index contributed by atoms with van der Waals surface area (Å²) in [5.41, 5.74) is 1.93. The number of nitrogens with one attached hydrogen (secondary N) is 2. The van der Waals surface area contributed by atoms with Crippen LogP contribution >= 0.6 is 11.6 Å². The van der Waals surface area contributed by atoms with Gasteiger partial charge in [-0.1, -0.05) is 29.8 Å². The third kappa shape index (κ3) is 3.20. The lowest BCUT2D eigenvalue weighted by Gasteiger charge is -2.18. The second-order valence-corrected chi connectivity index (χ2v) is 5.28. The molecule has 112 valence electrons. The summed E-state index contributed by atoms with van der Waals surface area (Å²) in [4.78, 5) is 23.4. The Balaban J connectivity index is 1.71. The molecule has 0 bridgehead atoms. The fraction of sp³-hybridized carbons (Fsp3) is 0.125. The zero-order valence-electron chi connectivity index (χ0n) is 11.6. The summed E-state index contributed by atoms with van der Waals surface area (Å²) in [6.45, 7) is 0.0132. The van der Waals surface area contributed by atoms with E-state index in [-0.39, 0.29) is 24.8 Å². The average molecular weight is 317 g/mol. The van der Waals surface area contributed by atoms with Crippen LogP contribution in [0.4, 0.5) is 11.4 Å². The number of rotatable bonds is 3. The first-order chi connectivity index (χ1) is 10.6. The minimum Gasteiger partial charge on any atom is -0.482 e. The van der Waals surface area contributed by atoms with Crippen molar-refractivity contribution in [1.82, 2.24) is 0 Å². The quantitative estimate of drug-likeness (QED) is 0.915. The van der Waals surface area contributed by atoms with Gasteiger partial charge in [-0.05, 0) is 29.8 Å². The van der Waals surface area contributed by atoms with Gasteiger partial charge in [-0.25, -0.2) is 0 Å². The Hall–Kier alpha value is -2.53. The maximum Gasteiger partial charge on any atom is 0.262 e. The van der Waals surface area contributed by atoms with E-state index >= 15 is 0 Å². The number of carbonyl (C=O) groups is 2. The number of carbonyl (C=O) groups excluding carboxylic acids is 2. The van der Waals surface area contributed by atoms with Crippen LogP contribution in [0.15, 0.2) is 42.5 Å². The van der Waals surface area contributed by atoms with E-state index < -0.39 is 0 Å². The van der Waals surface area contributed by atoms with Gasteiger partial charge in [0.15, 0.2) is 6.61 Å².